The molecule has 0 radical (unpaired) electrons. The van der Waals surface area contributed by atoms with Gasteiger partial charge in [0.2, 0.25) is 0 Å². The van der Waals surface area contributed by atoms with Crippen molar-refractivity contribution >= 4 is 23.6 Å². The van der Waals surface area contributed by atoms with E-state index in [1.54, 1.807) is 6.07 Å². The van der Waals surface area contributed by atoms with E-state index < -0.39 is 0 Å². The lowest BCUT2D eigenvalue weighted by atomic mass is 10.1. The standard InChI is InChI=1S/C14H10N2OS2/c17-12-6-7-19-13(12)11-8-10(15-14(18)16-11)9-4-2-1-3-5-9/h1-8,17H,(H,15,16,18). The Morgan fingerprint density at radius 2 is 1.95 bits per heavy atom. The van der Waals surface area contributed by atoms with Crippen molar-refractivity contribution in [1.29, 1.82) is 0 Å². The summed E-state index contributed by atoms with van der Waals surface area (Å²) >= 11 is 6.62. The number of nitrogens with one attached hydrogen (secondary N) is 1. The molecule has 0 saturated heterocycles. The third-order valence-electron chi connectivity index (χ3n) is 2.70. The molecule has 0 aliphatic heterocycles. The first-order valence-electron chi connectivity index (χ1n) is 5.67. The van der Waals surface area contributed by atoms with Crippen molar-refractivity contribution in [2.24, 2.45) is 0 Å². The van der Waals surface area contributed by atoms with E-state index in [9.17, 15) is 5.11 Å². The second-order valence-corrected chi connectivity index (χ2v) is 5.29. The molecular weight excluding hydrogens is 276 g/mol. The van der Waals surface area contributed by atoms with Gasteiger partial charge in [-0.3, -0.25) is 0 Å². The van der Waals surface area contributed by atoms with E-state index in [1.165, 1.54) is 11.3 Å². The first kappa shape index (κ1) is 12.1. The molecule has 19 heavy (non-hydrogen) atoms. The molecule has 2 aromatic heterocycles. The largest absolute Gasteiger partial charge is 0.506 e. The highest BCUT2D eigenvalue weighted by atomic mass is 32.1. The SMILES string of the molecule is Oc1ccsc1-c1cc(-c2ccccc2)nc(=S)[nH]1. The van der Waals surface area contributed by atoms with Gasteiger partial charge in [0.25, 0.3) is 0 Å². The number of nitrogens with zero attached hydrogens (tertiary/aromatic N) is 1. The van der Waals surface area contributed by atoms with Crippen molar-refractivity contribution in [3.05, 3.63) is 52.6 Å². The van der Waals surface area contributed by atoms with Gasteiger partial charge in [-0.15, -0.1) is 11.3 Å². The molecule has 0 aliphatic carbocycles. The monoisotopic (exact) mass is 286 g/mol. The van der Waals surface area contributed by atoms with Crippen LogP contribution in [0.15, 0.2) is 47.8 Å². The Labute approximate surface area is 119 Å². The highest BCUT2D eigenvalue weighted by Gasteiger charge is 2.09. The highest BCUT2D eigenvalue weighted by Crippen LogP contribution is 2.34. The predicted molar refractivity (Wildman–Crippen MR) is 79.8 cm³/mol. The minimum Gasteiger partial charge on any atom is -0.506 e. The maximum atomic E-state index is 9.79. The van der Waals surface area contributed by atoms with Gasteiger partial charge in [0.15, 0.2) is 4.77 Å². The fourth-order valence-electron chi connectivity index (χ4n) is 1.84. The van der Waals surface area contributed by atoms with Crippen LogP contribution in [-0.4, -0.2) is 15.1 Å². The van der Waals surface area contributed by atoms with Crippen molar-refractivity contribution in [1.82, 2.24) is 9.97 Å². The van der Waals surface area contributed by atoms with E-state index in [0.717, 1.165) is 21.8 Å². The molecule has 94 valence electrons. The Balaban J connectivity index is 2.17. The van der Waals surface area contributed by atoms with Gasteiger partial charge in [-0.2, -0.15) is 0 Å². The molecule has 0 spiro atoms. The number of thiophene rings is 1. The second kappa shape index (κ2) is 4.95. The molecule has 3 aromatic rings. The van der Waals surface area contributed by atoms with Gasteiger partial charge in [-0.05, 0) is 29.7 Å². The van der Waals surface area contributed by atoms with Gasteiger partial charge >= 0.3 is 0 Å². The van der Waals surface area contributed by atoms with Crippen molar-refractivity contribution in [3.8, 4) is 27.6 Å². The smallest absolute Gasteiger partial charge is 0.197 e. The van der Waals surface area contributed by atoms with E-state index in [2.05, 4.69) is 9.97 Å². The number of rotatable bonds is 2. The molecule has 0 unspecified atom stereocenters. The lowest BCUT2D eigenvalue weighted by Gasteiger charge is -2.04. The van der Waals surface area contributed by atoms with E-state index in [4.69, 9.17) is 12.2 Å². The molecule has 2 heterocycles. The van der Waals surface area contributed by atoms with Gasteiger partial charge < -0.3 is 10.1 Å². The number of aromatic nitrogens is 2. The van der Waals surface area contributed by atoms with E-state index in [-0.39, 0.29) is 5.75 Å². The summed E-state index contributed by atoms with van der Waals surface area (Å²) in [5.74, 6) is 0.251. The van der Waals surface area contributed by atoms with Gasteiger partial charge in [0.05, 0.1) is 16.3 Å². The maximum absolute atomic E-state index is 9.79. The molecule has 0 amide bonds. The number of aromatic amines is 1. The van der Waals surface area contributed by atoms with Crippen LogP contribution >= 0.6 is 23.6 Å². The molecule has 0 saturated carbocycles. The zero-order valence-corrected chi connectivity index (χ0v) is 11.5. The quantitative estimate of drug-likeness (QED) is 0.693. The van der Waals surface area contributed by atoms with Crippen LogP contribution in [0.4, 0.5) is 0 Å². The van der Waals surface area contributed by atoms with E-state index in [1.807, 2.05) is 41.8 Å². The summed E-state index contributed by atoms with van der Waals surface area (Å²) in [5, 5.41) is 11.6. The number of benzene rings is 1. The maximum Gasteiger partial charge on any atom is 0.197 e. The molecule has 2 N–H and O–H groups in total. The van der Waals surface area contributed by atoms with Crippen molar-refractivity contribution in [3.63, 3.8) is 0 Å². The molecule has 0 atom stereocenters. The average Bonchev–Trinajstić information content (AvgIpc) is 2.85. The summed E-state index contributed by atoms with van der Waals surface area (Å²) in [4.78, 5) is 8.11. The lowest BCUT2D eigenvalue weighted by molar-refractivity contribution is 0.479. The minimum absolute atomic E-state index is 0.251. The predicted octanol–water partition coefficient (Wildman–Crippen LogP) is 4.24. The van der Waals surface area contributed by atoms with Crippen LogP contribution in [0, 0.1) is 4.77 Å². The van der Waals surface area contributed by atoms with Gasteiger partial charge in [-0.25, -0.2) is 4.98 Å². The summed E-state index contributed by atoms with van der Waals surface area (Å²) in [6.07, 6.45) is 0. The summed E-state index contributed by atoms with van der Waals surface area (Å²) in [7, 11) is 0. The number of H-pyrrole nitrogens is 1. The van der Waals surface area contributed by atoms with Crippen LogP contribution in [0.25, 0.3) is 21.8 Å². The topological polar surface area (TPSA) is 48.9 Å². The molecule has 0 fully saturated rings. The third kappa shape index (κ3) is 2.43. The summed E-state index contributed by atoms with van der Waals surface area (Å²) in [6.45, 7) is 0. The molecule has 0 bridgehead atoms. The molecular formula is C14H10N2OS2. The fraction of sp³-hybridized carbons (Fsp3) is 0. The number of hydrogen-bond acceptors (Lipinski definition) is 4. The van der Waals surface area contributed by atoms with Gasteiger partial charge in [0.1, 0.15) is 5.75 Å². The van der Waals surface area contributed by atoms with Gasteiger partial charge in [0, 0.05) is 5.56 Å². The lowest BCUT2D eigenvalue weighted by Crippen LogP contribution is -1.90. The summed E-state index contributed by atoms with van der Waals surface area (Å²) < 4.78 is 0.407. The van der Waals surface area contributed by atoms with E-state index in [0.29, 0.717) is 4.77 Å². The van der Waals surface area contributed by atoms with E-state index >= 15 is 0 Å². The highest BCUT2D eigenvalue weighted by molar-refractivity contribution is 7.71. The summed E-state index contributed by atoms with van der Waals surface area (Å²) in [5.41, 5.74) is 2.58. The number of aromatic hydroxyl groups is 1. The van der Waals surface area contributed by atoms with Crippen LogP contribution in [0.3, 0.4) is 0 Å². The van der Waals surface area contributed by atoms with Crippen LogP contribution in [0.5, 0.6) is 5.75 Å². The second-order valence-electron chi connectivity index (χ2n) is 3.99. The van der Waals surface area contributed by atoms with Crippen LogP contribution in [0.2, 0.25) is 0 Å². The summed E-state index contributed by atoms with van der Waals surface area (Å²) in [6, 6.07) is 13.4. The first-order valence-corrected chi connectivity index (χ1v) is 6.96. The molecule has 5 heteroatoms. The molecule has 1 aromatic carbocycles. The Morgan fingerprint density at radius 1 is 1.16 bits per heavy atom. The van der Waals surface area contributed by atoms with Gasteiger partial charge in [-0.1, -0.05) is 30.3 Å². The minimum atomic E-state index is 0.251. The molecule has 0 aliphatic rings. The zero-order chi connectivity index (χ0) is 13.2. The zero-order valence-electron chi connectivity index (χ0n) is 9.83. The Bertz CT molecular complexity index is 762. The average molecular weight is 286 g/mol. The van der Waals surface area contributed by atoms with Crippen LogP contribution in [0.1, 0.15) is 0 Å². The van der Waals surface area contributed by atoms with Crippen molar-refractivity contribution < 1.29 is 5.11 Å². The molecule has 3 nitrogen and oxygen atoms in total. The molecule has 3 rings (SSSR count). The first-order chi connectivity index (χ1) is 9.24. The third-order valence-corrected chi connectivity index (χ3v) is 3.83. The number of hydrogen-bond donors (Lipinski definition) is 2. The normalized spacial score (nSPS) is 10.5. The Morgan fingerprint density at radius 3 is 2.63 bits per heavy atom. The van der Waals surface area contributed by atoms with Crippen molar-refractivity contribution in [2.45, 2.75) is 0 Å². The van der Waals surface area contributed by atoms with Crippen molar-refractivity contribution in [2.75, 3.05) is 0 Å². The Hall–Kier alpha value is -1.98. The Kier molecular flexibility index (Phi) is 3.15. The van der Waals surface area contributed by atoms with Crippen LogP contribution < -0.4 is 0 Å². The van der Waals surface area contributed by atoms with Crippen LogP contribution in [-0.2, 0) is 0 Å². The fourth-order valence-corrected chi connectivity index (χ4v) is 2.81.